The van der Waals surface area contributed by atoms with E-state index >= 15 is 0 Å². The van der Waals surface area contributed by atoms with Gasteiger partial charge in [-0.15, -0.1) is 0 Å². The fraction of sp³-hybridized carbons (Fsp3) is 0.500. The largest absolute Gasteiger partial charge is 0.493 e. The third-order valence-corrected chi connectivity index (χ3v) is 3.52. The zero-order valence-electron chi connectivity index (χ0n) is 10.4. The molecule has 3 nitrogen and oxygen atoms in total. The number of aliphatic hydroxyl groups is 1. The first-order valence-electron chi connectivity index (χ1n) is 6.24. The molecule has 2 rings (SSSR count). The summed E-state index contributed by atoms with van der Waals surface area (Å²) in [5, 5.41) is 8.84. The van der Waals surface area contributed by atoms with Crippen molar-refractivity contribution in [1.82, 2.24) is 0 Å². The summed E-state index contributed by atoms with van der Waals surface area (Å²) in [7, 11) is 0. The molecule has 0 radical (unpaired) electrons. The van der Waals surface area contributed by atoms with Crippen LogP contribution in [-0.2, 0) is 6.42 Å². The predicted molar refractivity (Wildman–Crippen MR) is 75.8 cm³/mol. The number of aliphatic hydroxyl groups excluding tert-OH is 1. The smallest absolute Gasteiger partial charge is 0.119 e. The lowest BCUT2D eigenvalue weighted by Gasteiger charge is -2.15. The van der Waals surface area contributed by atoms with Gasteiger partial charge in [0.25, 0.3) is 0 Å². The van der Waals surface area contributed by atoms with E-state index in [2.05, 4.69) is 0 Å². The van der Waals surface area contributed by atoms with E-state index in [9.17, 15) is 0 Å². The summed E-state index contributed by atoms with van der Waals surface area (Å²) < 4.78 is 5.79. The second kappa shape index (κ2) is 5.67. The van der Waals surface area contributed by atoms with Gasteiger partial charge >= 0.3 is 0 Å². The lowest BCUT2D eigenvalue weighted by atomic mass is 10.0. The summed E-state index contributed by atoms with van der Waals surface area (Å²) in [6.07, 6.45) is 3.76. The van der Waals surface area contributed by atoms with E-state index < -0.39 is 0 Å². The van der Waals surface area contributed by atoms with Gasteiger partial charge in [-0.2, -0.15) is 0 Å². The van der Waals surface area contributed by atoms with Crippen LogP contribution in [0.25, 0.3) is 0 Å². The van der Waals surface area contributed by atoms with E-state index in [-0.39, 0.29) is 12.0 Å². The Kier molecular flexibility index (Phi) is 4.19. The van der Waals surface area contributed by atoms with Gasteiger partial charge in [-0.05, 0) is 37.0 Å². The molecule has 0 heterocycles. The summed E-state index contributed by atoms with van der Waals surface area (Å²) in [4.78, 5) is 0.578. The molecule has 0 aliphatic heterocycles. The first kappa shape index (κ1) is 13.3. The van der Waals surface area contributed by atoms with E-state index in [1.54, 1.807) is 0 Å². The van der Waals surface area contributed by atoms with Crippen LogP contribution in [0.1, 0.15) is 24.8 Å². The quantitative estimate of drug-likeness (QED) is 0.741. The highest BCUT2D eigenvalue weighted by Crippen LogP contribution is 2.48. The number of rotatable bonds is 7. The zero-order chi connectivity index (χ0) is 13.0. The Hall–Kier alpha value is -1.13. The van der Waals surface area contributed by atoms with E-state index in [0.717, 1.165) is 30.6 Å². The minimum Gasteiger partial charge on any atom is -0.493 e. The van der Waals surface area contributed by atoms with Gasteiger partial charge in [-0.3, -0.25) is 0 Å². The molecule has 1 aromatic carbocycles. The second-order valence-corrected chi connectivity index (χ2v) is 5.57. The van der Waals surface area contributed by atoms with Gasteiger partial charge in [-0.1, -0.05) is 24.4 Å². The van der Waals surface area contributed by atoms with Crippen LogP contribution < -0.4 is 10.5 Å². The maximum Gasteiger partial charge on any atom is 0.119 e. The summed E-state index contributed by atoms with van der Waals surface area (Å²) in [6, 6.07) is 7.86. The maximum atomic E-state index is 8.84. The molecule has 1 aliphatic carbocycles. The fourth-order valence-electron chi connectivity index (χ4n) is 2.04. The highest BCUT2D eigenvalue weighted by molar-refractivity contribution is 7.80. The zero-order valence-corrected chi connectivity index (χ0v) is 11.2. The molecule has 4 heteroatoms. The first-order valence-corrected chi connectivity index (χ1v) is 6.65. The number of ether oxygens (including phenoxy) is 1. The summed E-state index contributed by atoms with van der Waals surface area (Å²) in [6.45, 7) is 0.862. The number of thiocarbonyl (C=S) groups is 1. The van der Waals surface area contributed by atoms with E-state index in [4.69, 9.17) is 27.8 Å². The van der Waals surface area contributed by atoms with Crippen LogP contribution in [0.3, 0.4) is 0 Å². The molecule has 0 unspecified atom stereocenters. The molecule has 1 aliphatic rings. The van der Waals surface area contributed by atoms with Crippen molar-refractivity contribution in [3.8, 4) is 5.75 Å². The molecule has 0 bridgehead atoms. The Morgan fingerprint density at radius 1 is 1.33 bits per heavy atom. The van der Waals surface area contributed by atoms with Gasteiger partial charge in [0.05, 0.1) is 11.6 Å². The minimum atomic E-state index is 0.178. The summed E-state index contributed by atoms with van der Waals surface area (Å²) >= 11 is 4.96. The molecule has 1 fully saturated rings. The molecule has 0 aromatic heterocycles. The lowest BCUT2D eigenvalue weighted by molar-refractivity contribution is 0.239. The van der Waals surface area contributed by atoms with E-state index in [1.807, 2.05) is 24.3 Å². The van der Waals surface area contributed by atoms with Crippen LogP contribution in [0, 0.1) is 5.41 Å². The SMILES string of the molecule is NC(=S)CC1(COc2ccc(CCO)cc2)CC1. The molecule has 0 spiro atoms. The van der Waals surface area contributed by atoms with Crippen molar-refractivity contribution in [2.75, 3.05) is 13.2 Å². The van der Waals surface area contributed by atoms with Gasteiger partial charge in [0, 0.05) is 18.4 Å². The average Bonchev–Trinajstić information content (AvgIpc) is 3.08. The normalized spacial score (nSPS) is 16.3. The third kappa shape index (κ3) is 3.68. The average molecular weight is 265 g/mol. The standard InChI is InChI=1S/C14H19NO2S/c15-13(18)9-14(6-7-14)10-17-12-3-1-11(2-4-12)5-8-16/h1-4,16H,5-10H2,(H2,15,18). The van der Waals surface area contributed by atoms with Gasteiger partial charge in [-0.25, -0.2) is 0 Å². The Bertz CT molecular complexity index is 412. The van der Waals surface area contributed by atoms with Gasteiger partial charge < -0.3 is 15.6 Å². The van der Waals surface area contributed by atoms with Gasteiger partial charge in [0.1, 0.15) is 5.75 Å². The van der Waals surface area contributed by atoms with Crippen molar-refractivity contribution in [1.29, 1.82) is 0 Å². The van der Waals surface area contributed by atoms with Crippen LogP contribution in [0.15, 0.2) is 24.3 Å². The molecule has 3 N–H and O–H groups in total. The number of nitrogens with two attached hydrogens (primary N) is 1. The number of hydrogen-bond acceptors (Lipinski definition) is 3. The van der Waals surface area contributed by atoms with E-state index in [0.29, 0.717) is 18.0 Å². The molecule has 1 aromatic rings. The first-order chi connectivity index (χ1) is 8.63. The number of hydrogen-bond donors (Lipinski definition) is 2. The van der Waals surface area contributed by atoms with Crippen LogP contribution >= 0.6 is 12.2 Å². The van der Waals surface area contributed by atoms with Gasteiger partial charge in [0.15, 0.2) is 0 Å². The Balaban J connectivity index is 1.85. The van der Waals surface area contributed by atoms with E-state index in [1.165, 1.54) is 0 Å². The molecule has 0 atom stereocenters. The number of benzene rings is 1. The molecule has 0 saturated heterocycles. The molecule has 1 saturated carbocycles. The van der Waals surface area contributed by atoms with Crippen LogP contribution in [-0.4, -0.2) is 23.3 Å². The van der Waals surface area contributed by atoms with Crippen molar-refractivity contribution in [2.24, 2.45) is 11.1 Å². The molecule has 0 amide bonds. The highest BCUT2D eigenvalue weighted by atomic mass is 32.1. The van der Waals surface area contributed by atoms with Crippen molar-refractivity contribution in [3.63, 3.8) is 0 Å². The molecular formula is C14H19NO2S. The Labute approximate surface area is 113 Å². The topological polar surface area (TPSA) is 55.5 Å². The van der Waals surface area contributed by atoms with Crippen LogP contribution in [0.4, 0.5) is 0 Å². The Morgan fingerprint density at radius 2 is 2.00 bits per heavy atom. The molecule has 18 heavy (non-hydrogen) atoms. The third-order valence-electron chi connectivity index (χ3n) is 3.38. The predicted octanol–water partition coefficient (Wildman–Crippen LogP) is 2.06. The summed E-state index contributed by atoms with van der Waals surface area (Å²) in [5.74, 6) is 0.867. The van der Waals surface area contributed by atoms with Crippen molar-refractivity contribution >= 4 is 17.2 Å². The minimum absolute atomic E-state index is 0.178. The van der Waals surface area contributed by atoms with Crippen LogP contribution in [0.2, 0.25) is 0 Å². The van der Waals surface area contributed by atoms with Crippen molar-refractivity contribution < 1.29 is 9.84 Å². The molecule has 98 valence electrons. The lowest BCUT2D eigenvalue weighted by Crippen LogP contribution is -2.20. The second-order valence-electron chi connectivity index (χ2n) is 5.05. The van der Waals surface area contributed by atoms with Crippen LogP contribution in [0.5, 0.6) is 5.75 Å². The maximum absolute atomic E-state index is 8.84. The monoisotopic (exact) mass is 265 g/mol. The van der Waals surface area contributed by atoms with Gasteiger partial charge in [0.2, 0.25) is 0 Å². The summed E-state index contributed by atoms with van der Waals surface area (Å²) in [5.41, 5.74) is 6.90. The highest BCUT2D eigenvalue weighted by Gasteiger charge is 2.43. The van der Waals surface area contributed by atoms with Crippen molar-refractivity contribution in [2.45, 2.75) is 25.7 Å². The Morgan fingerprint density at radius 3 is 2.50 bits per heavy atom. The molecular weight excluding hydrogens is 246 g/mol. The van der Waals surface area contributed by atoms with Crippen molar-refractivity contribution in [3.05, 3.63) is 29.8 Å². The fourth-order valence-corrected chi connectivity index (χ4v) is 2.34.